The molecule has 3 rings (SSSR count). The Kier molecular flexibility index (Phi) is 5.33. The number of aliphatic hydroxyl groups is 3. The Morgan fingerprint density at radius 1 is 1.12 bits per heavy atom. The van der Waals surface area contributed by atoms with Crippen molar-refractivity contribution in [3.05, 3.63) is 68.7 Å². The summed E-state index contributed by atoms with van der Waals surface area (Å²) in [6, 6.07) is 7.18. The molecule has 0 spiro atoms. The van der Waals surface area contributed by atoms with Crippen molar-refractivity contribution >= 4 is 0 Å². The molecule has 4 atom stereocenters. The van der Waals surface area contributed by atoms with Gasteiger partial charge in [0.05, 0.1) is 6.61 Å². The fourth-order valence-electron chi connectivity index (χ4n) is 2.97. The molecule has 0 amide bonds. The van der Waals surface area contributed by atoms with E-state index in [0.717, 1.165) is 21.4 Å². The van der Waals surface area contributed by atoms with Crippen LogP contribution in [0, 0.1) is 5.82 Å². The largest absolute Gasteiger partial charge is 0.394 e. The molecule has 26 heavy (non-hydrogen) atoms. The quantitative estimate of drug-likeness (QED) is 0.626. The van der Waals surface area contributed by atoms with Crippen LogP contribution < -0.4 is 11.2 Å². The van der Waals surface area contributed by atoms with Crippen molar-refractivity contribution in [3.8, 4) is 0 Å². The number of hydrogen-bond acceptors (Lipinski definition) is 6. The maximum Gasteiger partial charge on any atom is 0.333 e. The zero-order valence-electron chi connectivity index (χ0n) is 13.7. The van der Waals surface area contributed by atoms with Crippen molar-refractivity contribution in [1.29, 1.82) is 0 Å². The first-order chi connectivity index (χ1) is 12.4. The van der Waals surface area contributed by atoms with E-state index < -0.39 is 48.2 Å². The normalized spacial score (nSPS) is 25.5. The Labute approximate surface area is 147 Å². The molecule has 4 unspecified atom stereocenters. The molecule has 1 fully saturated rings. The summed E-state index contributed by atoms with van der Waals surface area (Å²) in [5, 5.41) is 29.0. The van der Waals surface area contributed by atoms with E-state index in [-0.39, 0.29) is 13.0 Å². The zero-order valence-corrected chi connectivity index (χ0v) is 13.7. The minimum Gasteiger partial charge on any atom is -0.394 e. The van der Waals surface area contributed by atoms with Gasteiger partial charge in [-0.25, -0.2) is 9.18 Å². The average molecular weight is 366 g/mol. The van der Waals surface area contributed by atoms with E-state index >= 15 is 0 Å². The SMILES string of the molecule is O=c1ccn(C2OC(CO)C(O)C2O)c(=O)n1CCc1ccccc1F. The second-order valence-corrected chi connectivity index (χ2v) is 6.07. The van der Waals surface area contributed by atoms with E-state index in [4.69, 9.17) is 9.84 Å². The maximum atomic E-state index is 13.7. The van der Waals surface area contributed by atoms with E-state index in [1.54, 1.807) is 18.2 Å². The van der Waals surface area contributed by atoms with Crippen LogP contribution >= 0.6 is 0 Å². The lowest BCUT2D eigenvalue weighted by molar-refractivity contribution is -0.0556. The molecule has 1 aromatic heterocycles. The molecule has 8 nitrogen and oxygen atoms in total. The lowest BCUT2D eigenvalue weighted by atomic mass is 10.1. The highest BCUT2D eigenvalue weighted by atomic mass is 19.1. The Bertz CT molecular complexity index is 895. The molecule has 3 N–H and O–H groups in total. The molecule has 1 aromatic carbocycles. The first-order valence-electron chi connectivity index (χ1n) is 8.12. The maximum absolute atomic E-state index is 13.7. The summed E-state index contributed by atoms with van der Waals surface area (Å²) in [4.78, 5) is 24.7. The Balaban J connectivity index is 1.89. The van der Waals surface area contributed by atoms with E-state index in [2.05, 4.69) is 0 Å². The molecule has 140 valence electrons. The average Bonchev–Trinajstić information content (AvgIpc) is 2.91. The Morgan fingerprint density at radius 2 is 1.85 bits per heavy atom. The number of benzene rings is 1. The Hall–Kier alpha value is -2.33. The molecule has 1 saturated heterocycles. The molecule has 0 saturated carbocycles. The van der Waals surface area contributed by atoms with Gasteiger partial charge in [0.15, 0.2) is 6.23 Å². The van der Waals surface area contributed by atoms with Crippen LogP contribution in [0.15, 0.2) is 46.1 Å². The topological polar surface area (TPSA) is 114 Å². The van der Waals surface area contributed by atoms with Gasteiger partial charge in [-0.15, -0.1) is 0 Å². The minimum absolute atomic E-state index is 0.0613. The van der Waals surface area contributed by atoms with E-state index in [1.165, 1.54) is 6.07 Å². The van der Waals surface area contributed by atoms with Gasteiger partial charge in [-0.2, -0.15) is 0 Å². The second-order valence-electron chi connectivity index (χ2n) is 6.07. The summed E-state index contributed by atoms with van der Waals surface area (Å²) in [6.07, 6.45) is -3.80. The molecule has 1 aliphatic rings. The number of hydrogen-bond donors (Lipinski definition) is 3. The monoisotopic (exact) mass is 366 g/mol. The first-order valence-corrected chi connectivity index (χ1v) is 8.12. The van der Waals surface area contributed by atoms with Crippen LogP contribution in [-0.2, 0) is 17.7 Å². The first kappa shape index (κ1) is 18.5. The summed E-state index contributed by atoms with van der Waals surface area (Å²) in [5.41, 5.74) is -0.972. The van der Waals surface area contributed by atoms with Crippen molar-refractivity contribution in [2.24, 2.45) is 0 Å². The van der Waals surface area contributed by atoms with Crippen LogP contribution in [-0.4, -0.2) is 49.4 Å². The molecule has 0 radical (unpaired) electrons. The van der Waals surface area contributed by atoms with Crippen molar-refractivity contribution < 1.29 is 24.4 Å². The van der Waals surface area contributed by atoms with Crippen LogP contribution in [0.3, 0.4) is 0 Å². The number of nitrogens with zero attached hydrogens (tertiary/aromatic N) is 2. The third kappa shape index (κ3) is 3.34. The molecule has 2 heterocycles. The van der Waals surface area contributed by atoms with Crippen LogP contribution in [0.5, 0.6) is 0 Å². The van der Waals surface area contributed by atoms with Crippen molar-refractivity contribution in [2.45, 2.75) is 37.5 Å². The lowest BCUT2D eigenvalue weighted by Crippen LogP contribution is -2.43. The molecule has 9 heteroatoms. The van der Waals surface area contributed by atoms with Gasteiger partial charge in [0.1, 0.15) is 24.1 Å². The van der Waals surface area contributed by atoms with Gasteiger partial charge < -0.3 is 20.1 Å². The van der Waals surface area contributed by atoms with Crippen LogP contribution in [0.4, 0.5) is 4.39 Å². The highest BCUT2D eigenvalue weighted by Crippen LogP contribution is 2.27. The number of ether oxygens (including phenoxy) is 1. The molecular weight excluding hydrogens is 347 g/mol. The van der Waals surface area contributed by atoms with Gasteiger partial charge in [0.25, 0.3) is 5.56 Å². The minimum atomic E-state index is -1.44. The van der Waals surface area contributed by atoms with Gasteiger partial charge in [-0.1, -0.05) is 18.2 Å². The summed E-state index contributed by atoms with van der Waals surface area (Å²) in [6.45, 7) is -0.593. The molecule has 0 bridgehead atoms. The molecule has 1 aliphatic heterocycles. The van der Waals surface area contributed by atoms with Crippen molar-refractivity contribution in [3.63, 3.8) is 0 Å². The van der Waals surface area contributed by atoms with Crippen molar-refractivity contribution in [2.75, 3.05) is 6.61 Å². The predicted octanol–water partition coefficient (Wildman–Crippen LogP) is -0.997. The third-order valence-corrected chi connectivity index (χ3v) is 4.45. The zero-order chi connectivity index (χ0) is 18.8. The third-order valence-electron chi connectivity index (χ3n) is 4.45. The fraction of sp³-hybridized carbons (Fsp3) is 0.412. The van der Waals surface area contributed by atoms with E-state index in [1.807, 2.05) is 0 Å². The van der Waals surface area contributed by atoms with E-state index in [9.17, 15) is 24.2 Å². The molecular formula is C17H19FN2O6. The van der Waals surface area contributed by atoms with Crippen LogP contribution in [0.2, 0.25) is 0 Å². The summed E-state index contributed by atoms with van der Waals surface area (Å²) in [5.74, 6) is -0.430. The fourth-order valence-corrected chi connectivity index (χ4v) is 2.97. The number of halogens is 1. The van der Waals surface area contributed by atoms with Crippen LogP contribution in [0.25, 0.3) is 0 Å². The standard InChI is InChI=1S/C17H19FN2O6/c18-11-4-2-1-3-10(11)5-7-19-13(22)6-8-20(17(19)25)16-15(24)14(23)12(9-21)26-16/h1-4,6,8,12,14-16,21,23-24H,5,7,9H2. The summed E-state index contributed by atoms with van der Waals surface area (Å²) in [7, 11) is 0. The number of rotatable bonds is 5. The Morgan fingerprint density at radius 3 is 2.50 bits per heavy atom. The van der Waals surface area contributed by atoms with Crippen LogP contribution in [0.1, 0.15) is 11.8 Å². The van der Waals surface area contributed by atoms with Gasteiger partial charge >= 0.3 is 5.69 Å². The second kappa shape index (κ2) is 7.50. The highest BCUT2D eigenvalue weighted by Gasteiger charge is 2.43. The van der Waals surface area contributed by atoms with Gasteiger partial charge in [0, 0.05) is 18.8 Å². The number of aliphatic hydroxyl groups excluding tert-OH is 3. The summed E-state index contributed by atoms with van der Waals surface area (Å²) < 4.78 is 20.9. The number of aromatic nitrogens is 2. The van der Waals surface area contributed by atoms with Gasteiger partial charge in [-0.05, 0) is 18.1 Å². The van der Waals surface area contributed by atoms with E-state index in [0.29, 0.717) is 5.56 Å². The highest BCUT2D eigenvalue weighted by molar-refractivity contribution is 5.17. The molecule has 0 aliphatic carbocycles. The lowest BCUT2D eigenvalue weighted by Gasteiger charge is -2.18. The van der Waals surface area contributed by atoms with Gasteiger partial charge in [-0.3, -0.25) is 13.9 Å². The number of aryl methyl sites for hydroxylation is 1. The predicted molar refractivity (Wildman–Crippen MR) is 88.1 cm³/mol. The van der Waals surface area contributed by atoms with Gasteiger partial charge in [0.2, 0.25) is 0 Å². The molecule has 2 aromatic rings. The van der Waals surface area contributed by atoms with Crippen molar-refractivity contribution in [1.82, 2.24) is 9.13 Å². The smallest absolute Gasteiger partial charge is 0.333 e. The summed E-state index contributed by atoms with van der Waals surface area (Å²) >= 11 is 0.